The molecule has 0 saturated heterocycles. The minimum absolute atomic E-state index is 0.0251. The van der Waals surface area contributed by atoms with Gasteiger partial charge in [-0.25, -0.2) is 8.78 Å². The first kappa shape index (κ1) is 25.9. The van der Waals surface area contributed by atoms with Gasteiger partial charge in [0.2, 0.25) is 5.43 Å². The van der Waals surface area contributed by atoms with E-state index in [1.165, 1.54) is 18.2 Å². The molecule has 1 amide bonds. The Morgan fingerprint density at radius 1 is 0.973 bits per heavy atom. The minimum Gasteiger partial charge on any atom is -0.492 e. The van der Waals surface area contributed by atoms with Gasteiger partial charge in [0.15, 0.2) is 0 Å². The van der Waals surface area contributed by atoms with Crippen molar-refractivity contribution in [3.63, 3.8) is 0 Å². The number of nitrogens with zero attached hydrogens (tertiary/aromatic N) is 1. The number of rotatable bonds is 8. The molecule has 0 spiro atoms. The van der Waals surface area contributed by atoms with Crippen LogP contribution in [0.4, 0.5) is 8.78 Å². The third-order valence-electron chi connectivity index (χ3n) is 7.02. The SMILES string of the molecule is O=C(N[C@H]1CC[C@H](NCCOc2ccc(Cl)c(F)c2)CC1)c1cn(C2CC2)c2cc(Cl)c(F)cc2c1=O. The number of amides is 1. The summed E-state index contributed by atoms with van der Waals surface area (Å²) in [6.07, 6.45) is 6.70. The summed E-state index contributed by atoms with van der Waals surface area (Å²) in [5, 5.41) is 6.61. The topological polar surface area (TPSA) is 72.4 Å². The molecule has 2 saturated carbocycles. The molecule has 5 rings (SSSR count). The van der Waals surface area contributed by atoms with E-state index in [2.05, 4.69) is 10.6 Å². The van der Waals surface area contributed by atoms with Crippen molar-refractivity contribution in [2.75, 3.05) is 13.2 Å². The van der Waals surface area contributed by atoms with Crippen molar-refractivity contribution in [3.05, 3.63) is 74.0 Å². The monoisotopic (exact) mass is 549 g/mol. The van der Waals surface area contributed by atoms with Crippen LogP contribution in [0.1, 0.15) is 54.9 Å². The largest absolute Gasteiger partial charge is 0.492 e. The van der Waals surface area contributed by atoms with Gasteiger partial charge in [0.25, 0.3) is 5.91 Å². The summed E-state index contributed by atoms with van der Waals surface area (Å²) in [7, 11) is 0. The first-order chi connectivity index (χ1) is 17.8. The van der Waals surface area contributed by atoms with Gasteiger partial charge in [-0.3, -0.25) is 9.59 Å². The van der Waals surface area contributed by atoms with E-state index < -0.39 is 23.0 Å². The summed E-state index contributed by atoms with van der Waals surface area (Å²) >= 11 is 11.6. The minimum atomic E-state index is -0.678. The molecule has 2 aromatic carbocycles. The smallest absolute Gasteiger partial charge is 0.256 e. The van der Waals surface area contributed by atoms with E-state index in [4.69, 9.17) is 27.9 Å². The molecule has 0 radical (unpaired) electrons. The predicted molar refractivity (Wildman–Crippen MR) is 140 cm³/mol. The van der Waals surface area contributed by atoms with Crippen LogP contribution in [0, 0.1) is 11.6 Å². The highest BCUT2D eigenvalue weighted by molar-refractivity contribution is 6.31. The van der Waals surface area contributed by atoms with Crippen LogP contribution in [-0.2, 0) is 0 Å². The average molecular weight is 550 g/mol. The van der Waals surface area contributed by atoms with Gasteiger partial charge in [0.1, 0.15) is 29.6 Å². The van der Waals surface area contributed by atoms with Gasteiger partial charge in [-0.05, 0) is 62.8 Å². The maximum Gasteiger partial charge on any atom is 0.256 e. The van der Waals surface area contributed by atoms with Gasteiger partial charge in [-0.2, -0.15) is 0 Å². The molecule has 0 aliphatic heterocycles. The van der Waals surface area contributed by atoms with Crippen LogP contribution in [0.5, 0.6) is 5.75 Å². The van der Waals surface area contributed by atoms with Crippen molar-refractivity contribution in [1.29, 1.82) is 0 Å². The number of carbonyl (C=O) groups excluding carboxylic acids is 1. The van der Waals surface area contributed by atoms with Gasteiger partial charge in [0.05, 0.1) is 15.6 Å². The lowest BCUT2D eigenvalue weighted by molar-refractivity contribution is 0.0922. The second-order valence-electron chi connectivity index (χ2n) is 9.69. The number of fused-ring (bicyclic) bond motifs is 1. The normalized spacial score (nSPS) is 19.7. The number of pyridine rings is 1. The Kier molecular flexibility index (Phi) is 7.70. The van der Waals surface area contributed by atoms with Crippen LogP contribution in [-0.4, -0.2) is 35.7 Å². The van der Waals surface area contributed by atoms with E-state index in [1.807, 2.05) is 4.57 Å². The van der Waals surface area contributed by atoms with E-state index in [0.717, 1.165) is 44.6 Å². The second kappa shape index (κ2) is 11.0. The molecule has 196 valence electrons. The standard InChI is InChI=1S/C27H27Cl2F2N3O3/c28-21-8-7-18(11-23(21)30)37-10-9-32-15-1-3-16(4-2-15)33-27(36)20-14-34(17-5-6-17)25-13-22(29)24(31)12-19(25)26(20)35/h7-8,11-17,32H,1-6,9-10H2,(H,33,36)/t15-,16-. The number of ether oxygens (including phenoxy) is 1. The molecule has 0 atom stereocenters. The summed E-state index contributed by atoms with van der Waals surface area (Å²) < 4.78 is 35.1. The van der Waals surface area contributed by atoms with Gasteiger partial charge >= 0.3 is 0 Å². The Bertz CT molecular complexity index is 1390. The Morgan fingerprint density at radius 3 is 2.38 bits per heavy atom. The molecule has 37 heavy (non-hydrogen) atoms. The van der Waals surface area contributed by atoms with E-state index in [0.29, 0.717) is 24.4 Å². The molecule has 10 heteroatoms. The molecule has 2 aliphatic carbocycles. The molecule has 1 heterocycles. The fourth-order valence-electron chi connectivity index (χ4n) is 4.86. The lowest BCUT2D eigenvalue weighted by atomic mass is 9.91. The zero-order chi connectivity index (χ0) is 26.1. The molecule has 0 bridgehead atoms. The van der Waals surface area contributed by atoms with Crippen molar-refractivity contribution in [2.45, 2.75) is 56.7 Å². The van der Waals surface area contributed by atoms with E-state index in [1.54, 1.807) is 12.3 Å². The van der Waals surface area contributed by atoms with Crippen molar-refractivity contribution in [3.8, 4) is 5.75 Å². The Labute approximate surface area is 222 Å². The third kappa shape index (κ3) is 5.92. The number of aromatic nitrogens is 1. The molecular formula is C27H27Cl2F2N3O3. The summed E-state index contributed by atoms with van der Waals surface area (Å²) in [6.45, 7) is 0.989. The maximum atomic E-state index is 14.1. The summed E-state index contributed by atoms with van der Waals surface area (Å²) in [5.41, 5.74) is 0.0836. The van der Waals surface area contributed by atoms with Crippen LogP contribution in [0.15, 0.2) is 41.3 Å². The number of hydrogen-bond acceptors (Lipinski definition) is 4. The number of carbonyl (C=O) groups is 1. The van der Waals surface area contributed by atoms with Crippen LogP contribution < -0.4 is 20.8 Å². The van der Waals surface area contributed by atoms with Crippen molar-refractivity contribution >= 4 is 40.0 Å². The molecule has 2 N–H and O–H groups in total. The Hall–Kier alpha value is -2.68. The summed E-state index contributed by atoms with van der Waals surface area (Å²) in [4.78, 5) is 26.2. The molecular weight excluding hydrogens is 523 g/mol. The lowest BCUT2D eigenvalue weighted by Gasteiger charge is -2.30. The van der Waals surface area contributed by atoms with E-state index in [9.17, 15) is 18.4 Å². The molecule has 0 unspecified atom stereocenters. The fraction of sp³-hybridized carbons (Fsp3) is 0.407. The summed E-state index contributed by atoms with van der Waals surface area (Å²) in [5.74, 6) is -1.20. The third-order valence-corrected chi connectivity index (χ3v) is 7.61. The van der Waals surface area contributed by atoms with Crippen molar-refractivity contribution in [2.24, 2.45) is 0 Å². The number of hydrogen-bond donors (Lipinski definition) is 2. The number of halogens is 4. The summed E-state index contributed by atoms with van der Waals surface area (Å²) in [6, 6.07) is 7.34. The second-order valence-corrected chi connectivity index (χ2v) is 10.5. The number of benzene rings is 2. The number of nitrogens with one attached hydrogen (secondary N) is 2. The highest BCUT2D eigenvalue weighted by Crippen LogP contribution is 2.37. The van der Waals surface area contributed by atoms with Crippen LogP contribution in [0.2, 0.25) is 10.0 Å². The first-order valence-electron chi connectivity index (χ1n) is 12.5. The van der Waals surface area contributed by atoms with Gasteiger partial charge < -0.3 is 19.9 Å². The van der Waals surface area contributed by atoms with E-state index >= 15 is 0 Å². The van der Waals surface area contributed by atoms with Crippen LogP contribution in [0.25, 0.3) is 10.9 Å². The molecule has 2 fully saturated rings. The molecule has 3 aromatic rings. The lowest BCUT2D eigenvalue weighted by Crippen LogP contribution is -2.44. The van der Waals surface area contributed by atoms with Crippen molar-refractivity contribution < 1.29 is 18.3 Å². The van der Waals surface area contributed by atoms with Gasteiger partial charge in [-0.1, -0.05) is 23.2 Å². The fourth-order valence-corrected chi connectivity index (χ4v) is 5.14. The maximum absolute atomic E-state index is 14.1. The molecule has 6 nitrogen and oxygen atoms in total. The molecule has 2 aliphatic rings. The highest BCUT2D eigenvalue weighted by atomic mass is 35.5. The van der Waals surface area contributed by atoms with Gasteiger partial charge in [0, 0.05) is 42.3 Å². The van der Waals surface area contributed by atoms with E-state index in [-0.39, 0.29) is 39.1 Å². The quantitative estimate of drug-likeness (QED) is 0.357. The Morgan fingerprint density at radius 2 is 1.68 bits per heavy atom. The zero-order valence-corrected chi connectivity index (χ0v) is 21.5. The van der Waals surface area contributed by atoms with Gasteiger partial charge in [-0.15, -0.1) is 0 Å². The Balaban J connectivity index is 1.15. The highest BCUT2D eigenvalue weighted by Gasteiger charge is 2.29. The molecule has 1 aromatic heterocycles. The van der Waals surface area contributed by atoms with Crippen LogP contribution >= 0.6 is 23.2 Å². The zero-order valence-electron chi connectivity index (χ0n) is 20.0. The average Bonchev–Trinajstić information content (AvgIpc) is 3.72. The predicted octanol–water partition coefficient (Wildman–Crippen LogP) is 5.63. The van der Waals surface area contributed by atoms with Crippen LogP contribution in [0.3, 0.4) is 0 Å². The van der Waals surface area contributed by atoms with Crippen molar-refractivity contribution in [1.82, 2.24) is 15.2 Å². The first-order valence-corrected chi connectivity index (χ1v) is 13.2.